The van der Waals surface area contributed by atoms with Crippen molar-refractivity contribution in [2.75, 3.05) is 6.54 Å². The third-order valence-electron chi connectivity index (χ3n) is 2.52. The SMILES string of the molecule is CCNC(c1ccc(Br)cc1)c1occc1Br. The second kappa shape index (κ2) is 5.85. The molecule has 17 heavy (non-hydrogen) atoms. The number of hydrogen-bond donors (Lipinski definition) is 1. The molecule has 0 fully saturated rings. The Morgan fingerprint density at radius 3 is 2.41 bits per heavy atom. The summed E-state index contributed by atoms with van der Waals surface area (Å²) in [5.74, 6) is 0.911. The van der Waals surface area contributed by atoms with E-state index in [1.165, 1.54) is 5.56 Å². The van der Waals surface area contributed by atoms with Crippen LogP contribution in [0.15, 0.2) is 50.0 Å². The Labute approximate surface area is 118 Å². The first kappa shape index (κ1) is 12.9. The predicted octanol–water partition coefficient (Wildman–Crippen LogP) is 4.50. The number of halogens is 2. The molecule has 0 saturated carbocycles. The van der Waals surface area contributed by atoms with Gasteiger partial charge in [0.1, 0.15) is 5.76 Å². The van der Waals surface area contributed by atoms with Crippen molar-refractivity contribution in [1.82, 2.24) is 5.32 Å². The van der Waals surface area contributed by atoms with Gasteiger partial charge >= 0.3 is 0 Å². The van der Waals surface area contributed by atoms with Crippen molar-refractivity contribution < 1.29 is 4.42 Å². The van der Waals surface area contributed by atoms with Gasteiger partial charge in [0.2, 0.25) is 0 Å². The summed E-state index contributed by atoms with van der Waals surface area (Å²) < 4.78 is 7.61. The first-order chi connectivity index (χ1) is 8.22. The van der Waals surface area contributed by atoms with Gasteiger partial charge in [0.05, 0.1) is 16.8 Å². The number of rotatable bonds is 4. The highest BCUT2D eigenvalue weighted by atomic mass is 79.9. The zero-order chi connectivity index (χ0) is 12.3. The third-order valence-corrected chi connectivity index (χ3v) is 3.70. The molecule has 0 bridgehead atoms. The smallest absolute Gasteiger partial charge is 0.139 e. The van der Waals surface area contributed by atoms with E-state index in [9.17, 15) is 0 Å². The summed E-state index contributed by atoms with van der Waals surface area (Å²) in [4.78, 5) is 0. The molecule has 4 heteroatoms. The minimum absolute atomic E-state index is 0.0810. The molecule has 2 aromatic rings. The van der Waals surface area contributed by atoms with E-state index in [0.29, 0.717) is 0 Å². The highest BCUT2D eigenvalue weighted by Crippen LogP contribution is 2.30. The lowest BCUT2D eigenvalue weighted by molar-refractivity contribution is 0.450. The van der Waals surface area contributed by atoms with Crippen LogP contribution in [-0.2, 0) is 0 Å². The summed E-state index contributed by atoms with van der Waals surface area (Å²) in [6.07, 6.45) is 1.70. The van der Waals surface area contributed by atoms with Crippen LogP contribution >= 0.6 is 31.9 Å². The summed E-state index contributed by atoms with van der Waals surface area (Å²) in [5.41, 5.74) is 1.19. The molecule has 0 saturated heterocycles. The maximum absolute atomic E-state index is 5.54. The number of benzene rings is 1. The normalized spacial score (nSPS) is 12.6. The number of furan rings is 1. The Kier molecular flexibility index (Phi) is 4.42. The van der Waals surface area contributed by atoms with Crippen LogP contribution in [0.4, 0.5) is 0 Å². The Morgan fingerprint density at radius 2 is 1.88 bits per heavy atom. The van der Waals surface area contributed by atoms with Crippen molar-refractivity contribution in [3.8, 4) is 0 Å². The predicted molar refractivity (Wildman–Crippen MR) is 76.1 cm³/mol. The monoisotopic (exact) mass is 357 g/mol. The lowest BCUT2D eigenvalue weighted by atomic mass is 10.0. The molecular weight excluding hydrogens is 346 g/mol. The van der Waals surface area contributed by atoms with E-state index in [1.54, 1.807) is 6.26 Å². The van der Waals surface area contributed by atoms with E-state index in [-0.39, 0.29) is 6.04 Å². The fourth-order valence-corrected chi connectivity index (χ4v) is 2.43. The molecule has 1 unspecified atom stereocenters. The molecule has 2 rings (SSSR count). The van der Waals surface area contributed by atoms with Crippen molar-refractivity contribution in [1.29, 1.82) is 0 Å². The molecule has 1 aromatic heterocycles. The number of nitrogens with one attached hydrogen (secondary N) is 1. The van der Waals surface area contributed by atoms with Crippen LogP contribution in [-0.4, -0.2) is 6.54 Å². The van der Waals surface area contributed by atoms with E-state index in [0.717, 1.165) is 21.3 Å². The molecule has 1 heterocycles. The Hall–Kier alpha value is -0.580. The van der Waals surface area contributed by atoms with Gasteiger partial charge in [-0.2, -0.15) is 0 Å². The lowest BCUT2D eigenvalue weighted by Gasteiger charge is -2.16. The van der Waals surface area contributed by atoms with E-state index in [2.05, 4.69) is 56.2 Å². The summed E-state index contributed by atoms with van der Waals surface area (Å²) in [7, 11) is 0. The molecular formula is C13H13Br2NO. The van der Waals surface area contributed by atoms with Gasteiger partial charge in [-0.3, -0.25) is 0 Å². The topological polar surface area (TPSA) is 25.2 Å². The van der Waals surface area contributed by atoms with Gasteiger partial charge in [-0.25, -0.2) is 0 Å². The number of hydrogen-bond acceptors (Lipinski definition) is 2. The van der Waals surface area contributed by atoms with Crippen LogP contribution < -0.4 is 5.32 Å². The molecule has 0 spiro atoms. The highest BCUT2D eigenvalue weighted by Gasteiger charge is 2.18. The van der Waals surface area contributed by atoms with Gasteiger partial charge < -0.3 is 9.73 Å². The molecule has 0 aliphatic rings. The second-order valence-corrected chi connectivity index (χ2v) is 5.45. The molecule has 1 aromatic carbocycles. The Bertz CT molecular complexity index is 478. The average molecular weight is 359 g/mol. The van der Waals surface area contributed by atoms with E-state index < -0.39 is 0 Å². The fraction of sp³-hybridized carbons (Fsp3) is 0.231. The van der Waals surface area contributed by atoms with Crippen molar-refractivity contribution in [3.05, 3.63) is 56.9 Å². The Balaban J connectivity index is 2.35. The minimum Gasteiger partial charge on any atom is -0.466 e. The first-order valence-corrected chi connectivity index (χ1v) is 7.02. The molecule has 0 amide bonds. The molecule has 90 valence electrons. The zero-order valence-corrected chi connectivity index (χ0v) is 12.6. The second-order valence-electron chi connectivity index (χ2n) is 3.68. The molecule has 0 aliphatic carbocycles. The maximum Gasteiger partial charge on any atom is 0.139 e. The van der Waals surface area contributed by atoms with Gasteiger partial charge in [0.15, 0.2) is 0 Å². The van der Waals surface area contributed by atoms with Crippen LogP contribution in [0.25, 0.3) is 0 Å². The Morgan fingerprint density at radius 1 is 1.18 bits per heavy atom. The van der Waals surface area contributed by atoms with E-state index >= 15 is 0 Å². The third kappa shape index (κ3) is 3.00. The summed E-state index contributed by atoms with van der Waals surface area (Å²) in [6, 6.07) is 10.3. The van der Waals surface area contributed by atoms with Crippen molar-refractivity contribution in [2.45, 2.75) is 13.0 Å². The van der Waals surface area contributed by atoms with Gasteiger partial charge in [-0.1, -0.05) is 35.0 Å². The van der Waals surface area contributed by atoms with Gasteiger partial charge in [0, 0.05) is 4.47 Å². The minimum atomic E-state index is 0.0810. The first-order valence-electron chi connectivity index (χ1n) is 5.44. The van der Waals surface area contributed by atoms with Gasteiger partial charge in [0.25, 0.3) is 0 Å². The fourth-order valence-electron chi connectivity index (χ4n) is 1.73. The maximum atomic E-state index is 5.54. The van der Waals surface area contributed by atoms with Crippen LogP contribution in [0.3, 0.4) is 0 Å². The molecule has 1 atom stereocenters. The van der Waals surface area contributed by atoms with E-state index in [1.807, 2.05) is 18.2 Å². The van der Waals surface area contributed by atoms with Gasteiger partial charge in [-0.05, 0) is 46.2 Å². The quantitative estimate of drug-likeness (QED) is 0.870. The summed E-state index contributed by atoms with van der Waals surface area (Å²) >= 11 is 6.95. The largest absolute Gasteiger partial charge is 0.466 e. The van der Waals surface area contributed by atoms with Crippen LogP contribution in [0.2, 0.25) is 0 Å². The molecule has 0 radical (unpaired) electrons. The highest BCUT2D eigenvalue weighted by molar-refractivity contribution is 9.10. The molecule has 2 nitrogen and oxygen atoms in total. The summed E-state index contributed by atoms with van der Waals surface area (Å²) in [6.45, 7) is 2.97. The molecule has 0 aliphatic heterocycles. The molecule has 1 N–H and O–H groups in total. The lowest BCUT2D eigenvalue weighted by Crippen LogP contribution is -2.21. The van der Waals surface area contributed by atoms with Gasteiger partial charge in [-0.15, -0.1) is 0 Å². The van der Waals surface area contributed by atoms with Crippen LogP contribution in [0.1, 0.15) is 24.3 Å². The van der Waals surface area contributed by atoms with Crippen molar-refractivity contribution in [2.24, 2.45) is 0 Å². The van der Waals surface area contributed by atoms with Crippen molar-refractivity contribution in [3.63, 3.8) is 0 Å². The summed E-state index contributed by atoms with van der Waals surface area (Å²) in [5, 5.41) is 3.42. The van der Waals surface area contributed by atoms with E-state index in [4.69, 9.17) is 4.42 Å². The standard InChI is InChI=1S/C13H13Br2NO/c1-2-16-12(13-11(15)7-8-17-13)9-3-5-10(14)6-4-9/h3-8,12,16H,2H2,1H3. The average Bonchev–Trinajstić information content (AvgIpc) is 2.74. The zero-order valence-electron chi connectivity index (χ0n) is 9.41. The van der Waals surface area contributed by atoms with Crippen molar-refractivity contribution >= 4 is 31.9 Å². The van der Waals surface area contributed by atoms with Crippen LogP contribution in [0, 0.1) is 0 Å². The van der Waals surface area contributed by atoms with Crippen LogP contribution in [0.5, 0.6) is 0 Å².